The highest BCUT2D eigenvalue weighted by Gasteiger charge is 2.54. The lowest BCUT2D eigenvalue weighted by Gasteiger charge is -2.24. The van der Waals surface area contributed by atoms with Gasteiger partial charge in [0.25, 0.3) is 0 Å². The van der Waals surface area contributed by atoms with Gasteiger partial charge >= 0.3 is 6.09 Å². The lowest BCUT2D eigenvalue weighted by molar-refractivity contribution is 0.0513. The maximum atomic E-state index is 11.6. The number of nitrogens with one attached hydrogen (secondary N) is 2. The highest BCUT2D eigenvalue weighted by atomic mass is 16.6. The lowest BCUT2D eigenvalue weighted by Crippen LogP contribution is -2.38. The summed E-state index contributed by atoms with van der Waals surface area (Å²) in [5, 5.41) is 6.33. The zero-order valence-corrected chi connectivity index (χ0v) is 10.4. The van der Waals surface area contributed by atoms with Gasteiger partial charge in [0.1, 0.15) is 5.60 Å². The predicted molar refractivity (Wildman–Crippen MR) is 62.3 cm³/mol. The molecule has 2 N–H and O–H groups in total. The predicted octanol–water partition coefficient (Wildman–Crippen LogP) is 1.65. The van der Waals surface area contributed by atoms with Crippen LogP contribution in [0.3, 0.4) is 0 Å². The smallest absolute Gasteiger partial charge is 0.407 e. The van der Waals surface area contributed by atoms with Gasteiger partial charge in [0.2, 0.25) is 0 Å². The molecule has 1 aliphatic carbocycles. The zero-order chi connectivity index (χ0) is 11.8. The van der Waals surface area contributed by atoms with E-state index in [0.717, 1.165) is 19.5 Å². The third kappa shape index (κ3) is 2.67. The molecule has 0 aromatic rings. The van der Waals surface area contributed by atoms with Crippen LogP contribution in [-0.4, -0.2) is 30.8 Å². The van der Waals surface area contributed by atoms with Crippen molar-refractivity contribution in [3.63, 3.8) is 0 Å². The molecule has 1 aliphatic heterocycles. The van der Waals surface area contributed by atoms with Gasteiger partial charge < -0.3 is 15.4 Å². The standard InChI is InChI=1S/C12H22N2O2/c1-11(2,3)16-10(15)14-9-8-12(9)4-6-13-7-5-12/h9,13H,4-8H2,1-3H3,(H,14,15)/t9-/m1/s1. The van der Waals surface area contributed by atoms with Crippen LogP contribution in [0.25, 0.3) is 0 Å². The number of rotatable bonds is 1. The summed E-state index contributed by atoms with van der Waals surface area (Å²) in [6.07, 6.45) is 3.20. The highest BCUT2D eigenvalue weighted by Crippen LogP contribution is 2.52. The molecule has 1 amide bonds. The molecule has 0 bridgehead atoms. The van der Waals surface area contributed by atoms with E-state index in [1.807, 2.05) is 20.8 Å². The molecule has 1 saturated heterocycles. The van der Waals surface area contributed by atoms with Gasteiger partial charge in [-0.15, -0.1) is 0 Å². The van der Waals surface area contributed by atoms with E-state index >= 15 is 0 Å². The van der Waals surface area contributed by atoms with Gasteiger partial charge in [-0.05, 0) is 58.5 Å². The van der Waals surface area contributed by atoms with Gasteiger partial charge in [-0.1, -0.05) is 0 Å². The molecule has 2 fully saturated rings. The van der Waals surface area contributed by atoms with Gasteiger partial charge in [-0.25, -0.2) is 4.79 Å². The maximum Gasteiger partial charge on any atom is 0.407 e. The molecule has 0 unspecified atom stereocenters. The second-order valence-corrected chi connectivity index (χ2v) is 6.02. The van der Waals surface area contributed by atoms with Crippen LogP contribution in [0.1, 0.15) is 40.0 Å². The second kappa shape index (κ2) is 3.91. The summed E-state index contributed by atoms with van der Waals surface area (Å²) in [7, 11) is 0. The third-order valence-electron chi connectivity index (χ3n) is 3.48. The van der Waals surface area contributed by atoms with Crippen molar-refractivity contribution in [1.82, 2.24) is 10.6 Å². The van der Waals surface area contributed by atoms with Crippen molar-refractivity contribution in [1.29, 1.82) is 0 Å². The minimum absolute atomic E-state index is 0.270. The summed E-state index contributed by atoms with van der Waals surface area (Å²) in [4.78, 5) is 11.6. The highest BCUT2D eigenvalue weighted by molar-refractivity contribution is 5.68. The third-order valence-corrected chi connectivity index (χ3v) is 3.48. The normalized spacial score (nSPS) is 27.6. The first-order valence-electron chi connectivity index (χ1n) is 6.12. The van der Waals surface area contributed by atoms with Gasteiger partial charge in [0, 0.05) is 6.04 Å². The number of hydrogen-bond acceptors (Lipinski definition) is 3. The Morgan fingerprint density at radius 1 is 1.38 bits per heavy atom. The van der Waals surface area contributed by atoms with Crippen LogP contribution < -0.4 is 10.6 Å². The number of ether oxygens (including phenoxy) is 1. The molecule has 0 aromatic carbocycles. The molecule has 0 radical (unpaired) electrons. The number of piperidine rings is 1. The van der Waals surface area contributed by atoms with Crippen molar-refractivity contribution in [2.24, 2.45) is 5.41 Å². The average Bonchev–Trinajstić information content (AvgIpc) is 2.75. The fraction of sp³-hybridized carbons (Fsp3) is 0.917. The van der Waals surface area contributed by atoms with E-state index in [0.29, 0.717) is 11.5 Å². The van der Waals surface area contributed by atoms with Crippen molar-refractivity contribution < 1.29 is 9.53 Å². The zero-order valence-electron chi connectivity index (χ0n) is 10.4. The molecule has 4 nitrogen and oxygen atoms in total. The molecule has 1 atom stereocenters. The molecular weight excluding hydrogens is 204 g/mol. The first-order valence-corrected chi connectivity index (χ1v) is 6.12. The Bertz CT molecular complexity index is 277. The summed E-state index contributed by atoms with van der Waals surface area (Å²) in [6, 6.07) is 0.337. The van der Waals surface area contributed by atoms with Crippen LogP contribution in [0.2, 0.25) is 0 Å². The van der Waals surface area contributed by atoms with Crippen LogP contribution >= 0.6 is 0 Å². The first-order chi connectivity index (χ1) is 7.41. The largest absolute Gasteiger partial charge is 0.444 e. The molecule has 4 heteroatoms. The van der Waals surface area contributed by atoms with E-state index in [1.165, 1.54) is 12.8 Å². The van der Waals surface area contributed by atoms with Gasteiger partial charge in [-0.3, -0.25) is 0 Å². The molecule has 2 rings (SSSR count). The van der Waals surface area contributed by atoms with E-state index < -0.39 is 5.60 Å². The topological polar surface area (TPSA) is 50.4 Å². The minimum Gasteiger partial charge on any atom is -0.444 e. The summed E-state index contributed by atoms with van der Waals surface area (Å²) in [6.45, 7) is 7.82. The van der Waals surface area contributed by atoms with Crippen LogP contribution in [0, 0.1) is 5.41 Å². The second-order valence-electron chi connectivity index (χ2n) is 6.02. The van der Waals surface area contributed by atoms with E-state index in [4.69, 9.17) is 4.74 Å². The molecule has 1 heterocycles. The van der Waals surface area contributed by atoms with Crippen molar-refractivity contribution in [2.45, 2.75) is 51.7 Å². The fourth-order valence-corrected chi connectivity index (χ4v) is 2.48. The number of carbonyl (C=O) groups excluding carboxylic acids is 1. The van der Waals surface area contributed by atoms with Crippen LogP contribution in [0.15, 0.2) is 0 Å². The Morgan fingerprint density at radius 2 is 2.00 bits per heavy atom. The van der Waals surface area contributed by atoms with Crippen LogP contribution in [-0.2, 0) is 4.74 Å². The van der Waals surface area contributed by atoms with E-state index in [2.05, 4.69) is 10.6 Å². The number of amides is 1. The van der Waals surface area contributed by atoms with Crippen LogP contribution in [0.5, 0.6) is 0 Å². The number of alkyl carbamates (subject to hydrolysis) is 1. The molecule has 2 aliphatic rings. The van der Waals surface area contributed by atoms with Gasteiger partial charge in [0.05, 0.1) is 0 Å². The fourth-order valence-electron chi connectivity index (χ4n) is 2.48. The molecule has 92 valence electrons. The molecular formula is C12H22N2O2. The summed E-state index contributed by atoms with van der Waals surface area (Å²) < 4.78 is 5.26. The van der Waals surface area contributed by atoms with Crippen molar-refractivity contribution in [3.05, 3.63) is 0 Å². The Kier molecular flexibility index (Phi) is 2.86. The Balaban J connectivity index is 1.78. The number of hydrogen-bond donors (Lipinski definition) is 2. The lowest BCUT2D eigenvalue weighted by atomic mass is 9.94. The van der Waals surface area contributed by atoms with Gasteiger partial charge in [-0.2, -0.15) is 0 Å². The van der Waals surface area contributed by atoms with Crippen LogP contribution in [0.4, 0.5) is 4.79 Å². The first kappa shape index (κ1) is 11.7. The monoisotopic (exact) mass is 226 g/mol. The van der Waals surface area contributed by atoms with Crippen molar-refractivity contribution in [2.75, 3.05) is 13.1 Å². The van der Waals surface area contributed by atoms with E-state index in [1.54, 1.807) is 0 Å². The summed E-state index contributed by atoms with van der Waals surface area (Å²) in [5.41, 5.74) is -0.0254. The maximum absolute atomic E-state index is 11.6. The summed E-state index contributed by atoms with van der Waals surface area (Å²) >= 11 is 0. The van der Waals surface area contributed by atoms with Crippen molar-refractivity contribution in [3.8, 4) is 0 Å². The molecule has 0 aromatic heterocycles. The molecule has 1 spiro atoms. The molecule has 16 heavy (non-hydrogen) atoms. The minimum atomic E-state index is -0.403. The SMILES string of the molecule is CC(C)(C)OC(=O)N[C@@H]1CC12CCNCC2. The number of carbonyl (C=O) groups is 1. The average molecular weight is 226 g/mol. The Labute approximate surface area is 97.1 Å². The Hall–Kier alpha value is -0.770. The van der Waals surface area contributed by atoms with E-state index in [-0.39, 0.29) is 6.09 Å². The summed E-state index contributed by atoms with van der Waals surface area (Å²) in [5.74, 6) is 0. The van der Waals surface area contributed by atoms with Crippen molar-refractivity contribution >= 4 is 6.09 Å². The van der Waals surface area contributed by atoms with E-state index in [9.17, 15) is 4.79 Å². The van der Waals surface area contributed by atoms with Gasteiger partial charge in [0.15, 0.2) is 0 Å². The quantitative estimate of drug-likeness (QED) is 0.715. The Morgan fingerprint density at radius 3 is 2.56 bits per heavy atom. The molecule has 1 saturated carbocycles.